The number of hydrogen-bond acceptors (Lipinski definition) is 3. The second kappa shape index (κ2) is 6.73. The topological polar surface area (TPSA) is 35.5 Å². The van der Waals surface area contributed by atoms with Crippen LogP contribution in [-0.2, 0) is 14.0 Å². The maximum Gasteiger partial charge on any atom is 0.308 e. The summed E-state index contributed by atoms with van der Waals surface area (Å²) in [6, 6.07) is 0. The maximum absolute atomic E-state index is 11.4. The molecule has 0 rings (SSSR count). The maximum atomic E-state index is 11.4. The number of carbonyl (C=O) groups is 1. The van der Waals surface area contributed by atoms with E-state index in [1.807, 2.05) is 26.8 Å². The van der Waals surface area contributed by atoms with Crippen molar-refractivity contribution >= 4 is 14.3 Å². The lowest BCUT2D eigenvalue weighted by Crippen LogP contribution is -2.24. The summed E-state index contributed by atoms with van der Waals surface area (Å²) in [5, 5.41) is 0. The van der Waals surface area contributed by atoms with E-state index in [0.717, 1.165) is 5.76 Å². The minimum Gasteiger partial charge on any atom is -0.548 e. The molecule has 0 saturated heterocycles. The summed E-state index contributed by atoms with van der Waals surface area (Å²) in [7, 11) is -1.52. The molecule has 0 radical (unpaired) electrons. The highest BCUT2D eigenvalue weighted by molar-refractivity contribution is 6.70. The number of rotatable bonds is 6. The molecular formula is C12H24O3Si. The molecule has 0 bridgehead atoms. The molecule has 0 saturated carbocycles. The van der Waals surface area contributed by atoms with E-state index >= 15 is 0 Å². The Morgan fingerprint density at radius 1 is 1.38 bits per heavy atom. The first kappa shape index (κ1) is 15.2. The average Bonchev–Trinajstić information content (AvgIpc) is 2.11. The van der Waals surface area contributed by atoms with Crippen LogP contribution < -0.4 is 0 Å². The molecule has 0 aromatic heterocycles. The van der Waals surface area contributed by atoms with Crippen LogP contribution in [0.3, 0.4) is 0 Å². The minimum absolute atomic E-state index is 0.0971. The molecule has 0 aliphatic carbocycles. The van der Waals surface area contributed by atoms with Gasteiger partial charge in [0.05, 0.1) is 18.3 Å². The third-order valence-corrected chi connectivity index (χ3v) is 2.85. The number of carbonyl (C=O) groups excluding carboxylic acids is 1. The molecule has 0 aromatic carbocycles. The number of hydrogen-bond donors (Lipinski definition) is 0. The lowest BCUT2D eigenvalue weighted by atomic mass is 10.1. The molecule has 94 valence electrons. The van der Waals surface area contributed by atoms with Crippen LogP contribution >= 0.6 is 0 Å². The second-order valence-electron chi connectivity index (χ2n) is 4.92. The summed E-state index contributed by atoms with van der Waals surface area (Å²) in [6.45, 7) is 12.5. The highest BCUT2D eigenvalue weighted by Crippen LogP contribution is 2.13. The van der Waals surface area contributed by atoms with Crippen LogP contribution in [0.5, 0.6) is 0 Å². The van der Waals surface area contributed by atoms with E-state index in [-0.39, 0.29) is 11.9 Å². The van der Waals surface area contributed by atoms with E-state index in [0.29, 0.717) is 13.0 Å². The van der Waals surface area contributed by atoms with Crippen molar-refractivity contribution < 1.29 is 14.0 Å². The van der Waals surface area contributed by atoms with Crippen molar-refractivity contribution in [3.05, 3.63) is 11.8 Å². The molecule has 0 fully saturated rings. The fourth-order valence-corrected chi connectivity index (χ4v) is 2.30. The first-order chi connectivity index (χ1) is 7.26. The van der Waals surface area contributed by atoms with Gasteiger partial charge in [0.25, 0.3) is 0 Å². The molecule has 0 spiro atoms. The van der Waals surface area contributed by atoms with Crippen LogP contribution in [-0.4, -0.2) is 20.9 Å². The van der Waals surface area contributed by atoms with Crippen molar-refractivity contribution in [2.75, 3.05) is 6.61 Å². The predicted molar refractivity (Wildman–Crippen MR) is 68.6 cm³/mol. The molecule has 0 aromatic rings. The summed E-state index contributed by atoms with van der Waals surface area (Å²) < 4.78 is 10.7. The molecule has 4 heteroatoms. The Labute approximate surface area is 100.0 Å². The first-order valence-corrected chi connectivity index (χ1v) is 9.19. The fraction of sp³-hybridized carbons (Fsp3) is 0.750. The van der Waals surface area contributed by atoms with E-state index in [1.54, 1.807) is 0 Å². The number of allylic oxidation sites excluding steroid dienone is 2. The highest BCUT2D eigenvalue weighted by Gasteiger charge is 2.16. The van der Waals surface area contributed by atoms with E-state index in [4.69, 9.17) is 9.16 Å². The van der Waals surface area contributed by atoms with Crippen LogP contribution in [0.4, 0.5) is 0 Å². The Kier molecular flexibility index (Phi) is 6.41. The minimum atomic E-state index is -1.52. The zero-order valence-electron chi connectivity index (χ0n) is 11.3. The lowest BCUT2D eigenvalue weighted by molar-refractivity contribution is -0.147. The van der Waals surface area contributed by atoms with Crippen molar-refractivity contribution in [1.82, 2.24) is 0 Å². The third kappa shape index (κ3) is 7.51. The second-order valence-corrected chi connectivity index (χ2v) is 9.35. The standard InChI is InChI=1S/C12H24O3Si/c1-7-14-12(13)10(2)8-9-11(3)15-16(4,5)6/h9-10H,7-8H2,1-6H3/b11-9-. The van der Waals surface area contributed by atoms with Crippen molar-refractivity contribution in [2.24, 2.45) is 5.92 Å². The van der Waals surface area contributed by atoms with Gasteiger partial charge in [-0.1, -0.05) is 6.92 Å². The van der Waals surface area contributed by atoms with Gasteiger partial charge in [0.1, 0.15) is 0 Å². The molecule has 1 unspecified atom stereocenters. The van der Waals surface area contributed by atoms with Gasteiger partial charge in [0, 0.05) is 0 Å². The Hall–Kier alpha value is -0.773. The molecule has 0 N–H and O–H groups in total. The van der Waals surface area contributed by atoms with Crippen LogP contribution in [0, 0.1) is 5.92 Å². The molecule has 0 aliphatic rings. The zero-order chi connectivity index (χ0) is 12.8. The summed E-state index contributed by atoms with van der Waals surface area (Å²) in [5.74, 6) is 0.676. The Morgan fingerprint density at radius 3 is 2.38 bits per heavy atom. The van der Waals surface area contributed by atoms with Crippen LogP contribution in [0.1, 0.15) is 27.2 Å². The van der Waals surface area contributed by atoms with Crippen molar-refractivity contribution in [3.8, 4) is 0 Å². The van der Waals surface area contributed by atoms with Crippen molar-refractivity contribution in [3.63, 3.8) is 0 Å². The molecule has 0 amide bonds. The van der Waals surface area contributed by atoms with E-state index < -0.39 is 8.32 Å². The lowest BCUT2D eigenvalue weighted by Gasteiger charge is -2.19. The monoisotopic (exact) mass is 244 g/mol. The Morgan fingerprint density at radius 2 is 1.94 bits per heavy atom. The summed E-state index contributed by atoms with van der Waals surface area (Å²) in [5.41, 5.74) is 0. The van der Waals surface area contributed by atoms with Gasteiger partial charge in [-0.2, -0.15) is 0 Å². The molecule has 0 heterocycles. The van der Waals surface area contributed by atoms with Gasteiger partial charge in [-0.15, -0.1) is 0 Å². The molecule has 3 nitrogen and oxygen atoms in total. The van der Waals surface area contributed by atoms with Gasteiger partial charge in [-0.3, -0.25) is 4.79 Å². The Balaban J connectivity index is 4.11. The third-order valence-electron chi connectivity index (χ3n) is 1.92. The number of ether oxygens (including phenoxy) is 1. The van der Waals surface area contributed by atoms with Gasteiger partial charge in [-0.25, -0.2) is 0 Å². The normalized spacial score (nSPS) is 14.5. The van der Waals surface area contributed by atoms with Crippen LogP contribution in [0.25, 0.3) is 0 Å². The van der Waals surface area contributed by atoms with E-state index in [9.17, 15) is 4.79 Å². The van der Waals surface area contributed by atoms with Crippen molar-refractivity contribution in [1.29, 1.82) is 0 Å². The summed E-state index contributed by atoms with van der Waals surface area (Å²) >= 11 is 0. The van der Waals surface area contributed by atoms with Gasteiger partial charge < -0.3 is 9.16 Å². The molecule has 0 aliphatic heterocycles. The summed E-state index contributed by atoms with van der Waals surface area (Å²) in [6.07, 6.45) is 2.65. The molecular weight excluding hydrogens is 220 g/mol. The first-order valence-electron chi connectivity index (χ1n) is 5.78. The van der Waals surface area contributed by atoms with E-state index in [1.165, 1.54) is 0 Å². The van der Waals surface area contributed by atoms with Gasteiger partial charge in [0.15, 0.2) is 0 Å². The molecule has 16 heavy (non-hydrogen) atoms. The van der Waals surface area contributed by atoms with Crippen LogP contribution in [0.2, 0.25) is 19.6 Å². The quantitative estimate of drug-likeness (QED) is 0.408. The van der Waals surface area contributed by atoms with Gasteiger partial charge >= 0.3 is 5.97 Å². The SMILES string of the molecule is CCOC(=O)C(C)C/C=C(/C)O[Si](C)(C)C. The van der Waals surface area contributed by atoms with Gasteiger partial charge in [0.2, 0.25) is 8.32 Å². The average molecular weight is 244 g/mol. The largest absolute Gasteiger partial charge is 0.548 e. The Bertz CT molecular complexity index is 253. The fourth-order valence-electron chi connectivity index (χ4n) is 1.25. The smallest absolute Gasteiger partial charge is 0.308 e. The van der Waals surface area contributed by atoms with Crippen LogP contribution in [0.15, 0.2) is 11.8 Å². The van der Waals surface area contributed by atoms with E-state index in [2.05, 4.69) is 19.6 Å². The highest BCUT2D eigenvalue weighted by atomic mass is 28.4. The van der Waals surface area contributed by atoms with Crippen molar-refractivity contribution in [2.45, 2.75) is 46.8 Å². The summed E-state index contributed by atoms with van der Waals surface area (Å²) in [4.78, 5) is 11.4. The zero-order valence-corrected chi connectivity index (χ0v) is 12.3. The van der Waals surface area contributed by atoms with Gasteiger partial charge in [-0.05, 0) is 46.0 Å². The molecule has 1 atom stereocenters. The number of esters is 1. The predicted octanol–water partition coefficient (Wildman–Crippen LogP) is 3.33.